The van der Waals surface area contributed by atoms with Gasteiger partial charge in [0.25, 0.3) is 5.91 Å². The normalized spacial score (nSPS) is 23.3. The molecular weight excluding hydrogens is 634 g/mol. The molecule has 3 aliphatic rings. The van der Waals surface area contributed by atoms with Crippen LogP contribution in [0.15, 0.2) is 66.7 Å². The van der Waals surface area contributed by atoms with Gasteiger partial charge in [-0.25, -0.2) is 4.39 Å². The maximum absolute atomic E-state index is 13.9. The van der Waals surface area contributed by atoms with E-state index in [0.29, 0.717) is 49.5 Å². The number of fused-ring (bicyclic) bond motifs is 1. The van der Waals surface area contributed by atoms with Crippen LogP contribution in [0.25, 0.3) is 0 Å². The van der Waals surface area contributed by atoms with Crippen LogP contribution < -0.4 is 10.1 Å². The summed E-state index contributed by atoms with van der Waals surface area (Å²) < 4.78 is 55.2. The van der Waals surface area contributed by atoms with Crippen molar-refractivity contribution >= 4 is 29.1 Å². The van der Waals surface area contributed by atoms with Gasteiger partial charge in [0.2, 0.25) is 5.91 Å². The van der Waals surface area contributed by atoms with Crippen molar-refractivity contribution in [3.05, 3.63) is 94.3 Å². The molecule has 6 nitrogen and oxygen atoms in total. The minimum absolute atomic E-state index is 0.0532. The summed E-state index contributed by atoms with van der Waals surface area (Å²) in [5.41, 5.74) is 2.61. The summed E-state index contributed by atoms with van der Waals surface area (Å²) in [5.74, 6) is -0.878. The van der Waals surface area contributed by atoms with Gasteiger partial charge in [-0.1, -0.05) is 23.7 Å². The molecule has 0 spiro atoms. The molecule has 4 atom stereocenters. The molecule has 2 amide bonds. The molecule has 1 saturated heterocycles. The zero-order valence-electron chi connectivity index (χ0n) is 25.5. The number of alkyl halides is 3. The monoisotopic (exact) mass is 667 g/mol. The van der Waals surface area contributed by atoms with Gasteiger partial charge in [-0.2, -0.15) is 5.26 Å². The van der Waals surface area contributed by atoms with E-state index in [-0.39, 0.29) is 51.3 Å². The molecule has 1 unspecified atom stereocenters. The van der Waals surface area contributed by atoms with Crippen LogP contribution in [-0.4, -0.2) is 36.2 Å². The van der Waals surface area contributed by atoms with Crippen LogP contribution in [0.3, 0.4) is 0 Å². The van der Waals surface area contributed by atoms with E-state index in [0.717, 1.165) is 37.8 Å². The van der Waals surface area contributed by atoms with Crippen LogP contribution in [-0.2, 0) is 10.2 Å². The molecule has 0 radical (unpaired) electrons. The first-order valence-corrected chi connectivity index (χ1v) is 16.2. The summed E-state index contributed by atoms with van der Waals surface area (Å²) >= 11 is 5.99. The van der Waals surface area contributed by atoms with Crippen LogP contribution in [0.1, 0.15) is 66.4 Å². The number of rotatable bonds is 8. The van der Waals surface area contributed by atoms with Gasteiger partial charge in [0, 0.05) is 30.3 Å². The summed E-state index contributed by atoms with van der Waals surface area (Å²) in [6, 6.07) is 19.1. The number of carbonyl (C=O) groups is 2. The second-order valence-corrected chi connectivity index (χ2v) is 13.5. The van der Waals surface area contributed by atoms with Gasteiger partial charge in [-0.05, 0) is 128 Å². The van der Waals surface area contributed by atoms with Crippen molar-refractivity contribution in [1.29, 1.82) is 5.26 Å². The molecule has 3 aromatic carbocycles. The number of ether oxygens (including phenoxy) is 1. The Hall–Kier alpha value is -4.10. The Balaban J connectivity index is 1.12. The van der Waals surface area contributed by atoms with Gasteiger partial charge in [-0.3, -0.25) is 9.59 Å². The number of halogens is 5. The standard InChI is InChI=1S/C36H34ClF4N3O3/c37-31-19-28(6-9-32(31)38)43-33(45)30(25-10-13-35(20-27(35)18-25)26-3-1-2-23(16-26)21-42)17-22-11-14-44(15-12-22)34(46)24-4-7-29(8-5-24)47-36(39,40)41/h1-9,16,19,22,25,27,30H,10-15,17-18,20H2,(H,43,45)/t25?,27-,30-,35+/m0/s1. The number of nitrogens with zero attached hydrogens (tertiary/aromatic N) is 2. The lowest BCUT2D eigenvalue weighted by Crippen LogP contribution is -2.40. The molecule has 2 aliphatic carbocycles. The summed E-state index contributed by atoms with van der Waals surface area (Å²) in [6.45, 7) is 0.940. The number of anilines is 1. The number of likely N-dealkylation sites (tertiary alicyclic amines) is 1. The molecule has 6 rings (SSSR count). The zero-order chi connectivity index (χ0) is 33.3. The average Bonchev–Trinajstić information content (AvgIpc) is 3.80. The molecule has 1 aliphatic heterocycles. The van der Waals surface area contributed by atoms with Gasteiger partial charge in [-0.15, -0.1) is 13.2 Å². The van der Waals surface area contributed by atoms with Crippen molar-refractivity contribution in [2.24, 2.45) is 23.7 Å². The Morgan fingerprint density at radius 3 is 2.47 bits per heavy atom. The molecule has 0 bridgehead atoms. The second-order valence-electron chi connectivity index (χ2n) is 13.1. The maximum atomic E-state index is 13.9. The molecule has 3 fully saturated rings. The molecule has 1 N–H and O–H groups in total. The molecule has 1 heterocycles. The SMILES string of the molecule is N#Cc1cccc([C@]23CCC([C@H](CC4CCN(C(=O)c5ccc(OC(F)(F)F)cc5)CC4)C(=O)Nc4ccc(F)c(Cl)c4)C[C@H]2C3)c1. The highest BCUT2D eigenvalue weighted by Crippen LogP contribution is 2.64. The van der Waals surface area contributed by atoms with Gasteiger partial charge in [0.1, 0.15) is 11.6 Å². The van der Waals surface area contributed by atoms with Crippen LogP contribution in [0, 0.1) is 40.8 Å². The Bertz CT molecular complexity index is 1680. The highest BCUT2D eigenvalue weighted by atomic mass is 35.5. The highest BCUT2D eigenvalue weighted by Gasteiger charge is 2.58. The minimum atomic E-state index is -4.81. The van der Waals surface area contributed by atoms with Crippen molar-refractivity contribution in [3.8, 4) is 11.8 Å². The van der Waals surface area contributed by atoms with Crippen molar-refractivity contribution in [2.75, 3.05) is 18.4 Å². The van der Waals surface area contributed by atoms with Gasteiger partial charge in [0.05, 0.1) is 16.7 Å². The predicted octanol–water partition coefficient (Wildman–Crippen LogP) is 8.50. The van der Waals surface area contributed by atoms with Crippen LogP contribution in [0.4, 0.5) is 23.2 Å². The van der Waals surface area contributed by atoms with E-state index in [2.05, 4.69) is 22.2 Å². The number of piperidine rings is 1. The number of hydrogen-bond acceptors (Lipinski definition) is 4. The fourth-order valence-electron chi connectivity index (χ4n) is 7.72. The van der Waals surface area contributed by atoms with Gasteiger partial charge >= 0.3 is 6.36 Å². The first-order valence-electron chi connectivity index (χ1n) is 15.9. The Morgan fingerprint density at radius 2 is 1.81 bits per heavy atom. The number of hydrogen-bond donors (Lipinski definition) is 1. The summed E-state index contributed by atoms with van der Waals surface area (Å²) in [4.78, 5) is 28.7. The number of benzene rings is 3. The smallest absolute Gasteiger partial charge is 0.406 e. The third-order valence-corrected chi connectivity index (χ3v) is 10.6. The number of nitrogens with one attached hydrogen (secondary N) is 1. The minimum Gasteiger partial charge on any atom is -0.406 e. The molecule has 0 aromatic heterocycles. The summed E-state index contributed by atoms with van der Waals surface area (Å²) in [5, 5.41) is 12.3. The van der Waals surface area contributed by atoms with Gasteiger partial charge in [0.15, 0.2) is 0 Å². The van der Waals surface area contributed by atoms with E-state index < -0.39 is 12.2 Å². The van der Waals surface area contributed by atoms with E-state index in [1.807, 2.05) is 18.2 Å². The van der Waals surface area contributed by atoms with Crippen molar-refractivity contribution in [2.45, 2.75) is 56.7 Å². The molecule has 2 saturated carbocycles. The van der Waals surface area contributed by atoms with E-state index in [4.69, 9.17) is 11.6 Å². The van der Waals surface area contributed by atoms with E-state index >= 15 is 0 Å². The maximum Gasteiger partial charge on any atom is 0.573 e. The lowest BCUT2D eigenvalue weighted by Gasteiger charge is -2.37. The lowest BCUT2D eigenvalue weighted by molar-refractivity contribution is -0.274. The van der Waals surface area contributed by atoms with Crippen molar-refractivity contribution < 1.29 is 31.9 Å². The van der Waals surface area contributed by atoms with E-state index in [1.165, 1.54) is 35.9 Å². The molecule has 11 heteroatoms. The van der Waals surface area contributed by atoms with Crippen molar-refractivity contribution in [3.63, 3.8) is 0 Å². The quantitative estimate of drug-likeness (QED) is 0.244. The topological polar surface area (TPSA) is 82.4 Å². The first kappa shape index (κ1) is 32.8. The Morgan fingerprint density at radius 1 is 1.06 bits per heavy atom. The third kappa shape index (κ3) is 7.41. The Kier molecular flexibility index (Phi) is 9.21. The second kappa shape index (κ2) is 13.2. The van der Waals surface area contributed by atoms with Crippen LogP contribution >= 0.6 is 11.6 Å². The summed E-state index contributed by atoms with van der Waals surface area (Å²) in [6.07, 6.45) is 0.930. The molecule has 3 aromatic rings. The first-order chi connectivity index (χ1) is 22.4. The number of amides is 2. The molecule has 47 heavy (non-hydrogen) atoms. The number of nitriles is 1. The fraction of sp³-hybridized carbons (Fsp3) is 0.417. The highest BCUT2D eigenvalue weighted by molar-refractivity contribution is 6.31. The average molecular weight is 668 g/mol. The lowest BCUT2D eigenvalue weighted by atomic mass is 9.70. The zero-order valence-corrected chi connectivity index (χ0v) is 26.3. The van der Waals surface area contributed by atoms with Crippen LogP contribution in [0.2, 0.25) is 5.02 Å². The predicted molar refractivity (Wildman–Crippen MR) is 168 cm³/mol. The van der Waals surface area contributed by atoms with Crippen LogP contribution in [0.5, 0.6) is 5.75 Å². The van der Waals surface area contributed by atoms with E-state index in [1.54, 1.807) is 4.90 Å². The summed E-state index contributed by atoms with van der Waals surface area (Å²) in [7, 11) is 0. The van der Waals surface area contributed by atoms with Crippen molar-refractivity contribution in [1.82, 2.24) is 4.90 Å². The third-order valence-electron chi connectivity index (χ3n) is 10.3. The molecule has 246 valence electrons. The van der Waals surface area contributed by atoms with Gasteiger partial charge < -0.3 is 15.0 Å². The molecular formula is C36H34ClF4N3O3. The number of carbonyl (C=O) groups excluding carboxylic acids is 2. The van der Waals surface area contributed by atoms with E-state index in [9.17, 15) is 32.4 Å². The fourth-order valence-corrected chi connectivity index (χ4v) is 7.90. The largest absolute Gasteiger partial charge is 0.573 e. The Labute approximate surface area is 275 Å².